The lowest BCUT2D eigenvalue weighted by Gasteiger charge is -2.50. The number of carbonyl (C=O) groups is 1. The van der Waals surface area contributed by atoms with Crippen molar-refractivity contribution in [1.82, 2.24) is 10.2 Å². The molecule has 1 heterocycles. The molecule has 0 radical (unpaired) electrons. The fraction of sp³-hybridized carbons (Fsp3) is 0.500. The number of rotatable bonds is 8. The minimum atomic E-state index is -0.917. The van der Waals surface area contributed by atoms with Gasteiger partial charge in [0.15, 0.2) is 0 Å². The summed E-state index contributed by atoms with van der Waals surface area (Å²) in [5, 5.41) is 14.6. The zero-order valence-electron chi connectivity index (χ0n) is 21.0. The van der Waals surface area contributed by atoms with Crippen LogP contribution < -0.4 is 14.8 Å². The third kappa shape index (κ3) is 7.48. The summed E-state index contributed by atoms with van der Waals surface area (Å²) < 4.78 is 11.0. The van der Waals surface area contributed by atoms with Gasteiger partial charge in [-0.25, -0.2) is 0 Å². The van der Waals surface area contributed by atoms with Crippen LogP contribution in [0.25, 0.3) is 0 Å². The zero-order chi connectivity index (χ0) is 26.2. The summed E-state index contributed by atoms with van der Waals surface area (Å²) in [5.41, 5.74) is -0.156. The highest BCUT2D eigenvalue weighted by molar-refractivity contribution is 6.68. The first-order chi connectivity index (χ1) is 16.5. The molecule has 0 amide bonds. The maximum absolute atomic E-state index is 11.7. The lowest BCUT2D eigenvalue weighted by molar-refractivity contribution is -0.125. The number of hydrogen-bond acceptors (Lipinski definition) is 6. The number of piperidine rings is 1. The Morgan fingerprint density at radius 2 is 1.77 bits per heavy atom. The minimum absolute atomic E-state index is 0.213. The summed E-state index contributed by atoms with van der Waals surface area (Å²) in [4.78, 5) is 14.0. The van der Waals surface area contributed by atoms with Crippen LogP contribution in [0, 0.1) is 5.41 Å². The van der Waals surface area contributed by atoms with E-state index in [1.165, 1.54) is 13.2 Å². The van der Waals surface area contributed by atoms with Crippen LogP contribution in [-0.2, 0) is 5.60 Å². The monoisotopic (exact) mass is 544 g/mol. The van der Waals surface area contributed by atoms with Gasteiger partial charge in [0, 0.05) is 36.1 Å². The van der Waals surface area contributed by atoms with Gasteiger partial charge in [0.25, 0.3) is 5.24 Å². The molecule has 1 fully saturated rings. The van der Waals surface area contributed by atoms with Gasteiger partial charge in [0.05, 0.1) is 29.9 Å². The number of ether oxygens (including phenoxy) is 2. The molecule has 0 spiro atoms. The number of likely N-dealkylation sites (tertiary alicyclic amines) is 1. The average Bonchev–Trinajstić information content (AvgIpc) is 2.80. The van der Waals surface area contributed by atoms with Crippen molar-refractivity contribution >= 4 is 40.0 Å². The molecule has 1 atom stereocenters. The van der Waals surface area contributed by atoms with Crippen LogP contribution >= 0.6 is 34.8 Å². The molecule has 0 bridgehead atoms. The number of benzene rings is 2. The van der Waals surface area contributed by atoms with E-state index >= 15 is 0 Å². The summed E-state index contributed by atoms with van der Waals surface area (Å²) >= 11 is 17.8. The summed E-state index contributed by atoms with van der Waals surface area (Å²) in [5.74, 6) is 0.768. The van der Waals surface area contributed by atoms with E-state index < -0.39 is 10.8 Å². The molecule has 9 heteroatoms. The molecule has 2 aromatic carbocycles. The van der Waals surface area contributed by atoms with Crippen LogP contribution in [-0.4, -0.2) is 62.7 Å². The first-order valence-electron chi connectivity index (χ1n) is 11.5. The Balaban J connectivity index is 0.00000137. The zero-order valence-corrected chi connectivity index (χ0v) is 23.2. The largest absolute Gasteiger partial charge is 0.495 e. The lowest BCUT2D eigenvalue weighted by Crippen LogP contribution is -2.55. The molecule has 194 valence electrons. The molecule has 0 aromatic heterocycles. The molecule has 1 saturated heterocycles. The van der Waals surface area contributed by atoms with Gasteiger partial charge in [0.2, 0.25) is 0 Å². The van der Waals surface area contributed by atoms with Crippen LogP contribution in [0.3, 0.4) is 0 Å². The average molecular weight is 546 g/mol. The Labute approximate surface area is 223 Å². The fourth-order valence-corrected chi connectivity index (χ4v) is 4.83. The van der Waals surface area contributed by atoms with Crippen LogP contribution in [0.5, 0.6) is 11.5 Å². The van der Waals surface area contributed by atoms with Gasteiger partial charge < -0.3 is 24.8 Å². The van der Waals surface area contributed by atoms with E-state index in [2.05, 4.69) is 24.1 Å². The maximum atomic E-state index is 11.7. The Hall–Kier alpha value is -1.54. The summed E-state index contributed by atoms with van der Waals surface area (Å²) in [6.07, 6.45) is 1.37. The van der Waals surface area contributed by atoms with Crippen LogP contribution in [0.2, 0.25) is 10.0 Å². The molecule has 1 unspecified atom stereocenters. The SMILES string of the molecule is CNC.COc1cc(OCCCN2CCC(O)(c3ccc(Cl)cc3)C(C)(C)C2)c(C(=O)Cl)cc1Cl. The van der Waals surface area contributed by atoms with E-state index in [1.807, 2.05) is 38.4 Å². The molecule has 2 N–H and O–H groups in total. The summed E-state index contributed by atoms with van der Waals surface area (Å²) in [6.45, 7) is 6.88. The number of nitrogens with zero attached hydrogens (tertiary/aromatic N) is 1. The number of aliphatic hydroxyl groups is 1. The van der Waals surface area contributed by atoms with E-state index in [4.69, 9.17) is 44.3 Å². The van der Waals surface area contributed by atoms with E-state index in [0.29, 0.717) is 34.6 Å². The molecule has 1 aliphatic heterocycles. The number of carbonyl (C=O) groups excluding carboxylic acids is 1. The van der Waals surface area contributed by atoms with Gasteiger partial charge in [-0.15, -0.1) is 0 Å². The van der Waals surface area contributed by atoms with Crippen molar-refractivity contribution in [3.8, 4) is 11.5 Å². The second-order valence-corrected chi connectivity index (χ2v) is 10.4. The number of hydrogen-bond donors (Lipinski definition) is 2. The van der Waals surface area contributed by atoms with Gasteiger partial charge >= 0.3 is 0 Å². The third-order valence-corrected chi connectivity index (χ3v) is 6.94. The van der Waals surface area contributed by atoms with E-state index in [9.17, 15) is 9.90 Å². The lowest BCUT2D eigenvalue weighted by atomic mass is 9.66. The third-order valence-electron chi connectivity index (χ3n) is 6.19. The van der Waals surface area contributed by atoms with Crippen molar-refractivity contribution in [3.05, 3.63) is 57.6 Å². The van der Waals surface area contributed by atoms with Crippen LogP contribution in [0.4, 0.5) is 0 Å². The van der Waals surface area contributed by atoms with Gasteiger partial charge in [-0.3, -0.25) is 4.79 Å². The molecular weight excluding hydrogens is 511 g/mol. The predicted octanol–water partition coefficient (Wildman–Crippen LogP) is 5.61. The second kappa shape index (κ2) is 13.1. The molecule has 35 heavy (non-hydrogen) atoms. The Morgan fingerprint density at radius 1 is 1.14 bits per heavy atom. The van der Waals surface area contributed by atoms with Crippen molar-refractivity contribution in [2.45, 2.75) is 32.3 Å². The molecule has 1 aliphatic rings. The highest BCUT2D eigenvalue weighted by Gasteiger charge is 2.48. The molecule has 2 aromatic rings. The van der Waals surface area contributed by atoms with Gasteiger partial charge in [-0.05, 0) is 62.3 Å². The topological polar surface area (TPSA) is 71.0 Å². The standard InChI is InChI=1S/C24H28Cl3NO4.C2H7N/c1-23(2)15-28(11-9-24(23,30)16-5-7-17(25)8-6-16)10-4-12-32-20-14-21(31-3)19(26)13-18(20)22(27)29;1-3-2/h5-8,13-14,30H,4,9-12,15H2,1-3H3;3H,1-2H3. The van der Waals surface area contributed by atoms with Crippen molar-refractivity contribution in [2.24, 2.45) is 5.41 Å². The quantitative estimate of drug-likeness (QED) is 0.332. The molecule has 0 aliphatic carbocycles. The predicted molar refractivity (Wildman–Crippen MR) is 143 cm³/mol. The number of halogens is 3. The molecule has 6 nitrogen and oxygen atoms in total. The Kier molecular flexibility index (Phi) is 11.1. The summed E-state index contributed by atoms with van der Waals surface area (Å²) in [6, 6.07) is 10.5. The normalized spacial score (nSPS) is 19.5. The molecule has 3 rings (SSSR count). The van der Waals surface area contributed by atoms with Crippen molar-refractivity contribution in [2.75, 3.05) is 47.4 Å². The Morgan fingerprint density at radius 3 is 2.31 bits per heavy atom. The first-order valence-corrected chi connectivity index (χ1v) is 12.6. The highest BCUT2D eigenvalue weighted by atomic mass is 35.5. The van der Waals surface area contributed by atoms with E-state index in [0.717, 1.165) is 31.6 Å². The first kappa shape index (κ1) is 29.7. The molecular formula is C26H35Cl3N2O4. The Bertz CT molecular complexity index is 985. The van der Waals surface area contributed by atoms with Crippen LogP contribution in [0.15, 0.2) is 36.4 Å². The van der Waals surface area contributed by atoms with E-state index in [1.54, 1.807) is 6.07 Å². The second-order valence-electron chi connectivity index (χ2n) is 9.24. The van der Waals surface area contributed by atoms with Crippen molar-refractivity contribution < 1.29 is 19.4 Å². The highest BCUT2D eigenvalue weighted by Crippen LogP contribution is 2.46. The van der Waals surface area contributed by atoms with Crippen molar-refractivity contribution in [1.29, 1.82) is 0 Å². The van der Waals surface area contributed by atoms with Crippen molar-refractivity contribution in [3.63, 3.8) is 0 Å². The van der Waals surface area contributed by atoms with Crippen LogP contribution in [0.1, 0.15) is 42.6 Å². The van der Waals surface area contributed by atoms with Gasteiger partial charge in [-0.2, -0.15) is 0 Å². The summed E-state index contributed by atoms with van der Waals surface area (Å²) in [7, 11) is 5.25. The smallest absolute Gasteiger partial charge is 0.256 e. The molecule has 0 saturated carbocycles. The van der Waals surface area contributed by atoms with Gasteiger partial charge in [-0.1, -0.05) is 49.2 Å². The fourth-order valence-electron chi connectivity index (χ4n) is 4.31. The number of methoxy groups -OCH3 is 1. The number of nitrogens with one attached hydrogen (secondary N) is 1. The van der Waals surface area contributed by atoms with E-state index in [-0.39, 0.29) is 11.0 Å². The maximum Gasteiger partial charge on any atom is 0.256 e. The minimum Gasteiger partial charge on any atom is -0.495 e. The van der Waals surface area contributed by atoms with Gasteiger partial charge in [0.1, 0.15) is 11.5 Å².